The van der Waals surface area contributed by atoms with Crippen LogP contribution in [0.2, 0.25) is 0 Å². The Labute approximate surface area is 162 Å². The Balaban J connectivity index is 1.35. The molecule has 0 aliphatic carbocycles. The molecule has 4 rings (SSSR count). The van der Waals surface area contributed by atoms with E-state index >= 15 is 0 Å². The largest absolute Gasteiger partial charge is 0.369 e. The van der Waals surface area contributed by atoms with Gasteiger partial charge in [0.1, 0.15) is 10.9 Å². The minimum Gasteiger partial charge on any atom is -0.369 e. The lowest BCUT2D eigenvalue weighted by Gasteiger charge is -2.51. The van der Waals surface area contributed by atoms with Crippen LogP contribution in [0.3, 0.4) is 0 Å². The molecule has 0 bridgehead atoms. The summed E-state index contributed by atoms with van der Waals surface area (Å²) < 4.78 is 45.5. The van der Waals surface area contributed by atoms with Gasteiger partial charge in [0.25, 0.3) is 0 Å². The van der Waals surface area contributed by atoms with Crippen LogP contribution in [0.1, 0.15) is 5.56 Å². The van der Waals surface area contributed by atoms with E-state index in [9.17, 15) is 17.6 Å². The summed E-state index contributed by atoms with van der Waals surface area (Å²) in [6.07, 6.45) is 2.19. The van der Waals surface area contributed by atoms with Crippen molar-refractivity contribution in [2.75, 3.05) is 30.8 Å². The normalized spacial score (nSPS) is 22.6. The number of hydrogen-bond acceptors (Lipinski definition) is 5. The number of aryl methyl sites for hydroxylation is 1. The number of benzene rings is 1. The predicted octanol–water partition coefficient (Wildman–Crippen LogP) is 1.43. The van der Waals surface area contributed by atoms with Crippen molar-refractivity contribution in [1.29, 1.82) is 0 Å². The van der Waals surface area contributed by atoms with E-state index in [4.69, 9.17) is 4.74 Å². The summed E-state index contributed by atoms with van der Waals surface area (Å²) in [5, 5.41) is 5.81. The molecule has 2 aromatic rings. The van der Waals surface area contributed by atoms with Crippen molar-refractivity contribution in [3.63, 3.8) is 0 Å². The fraction of sp³-hybridized carbons (Fsp3) is 0.444. The second kappa shape index (κ2) is 6.85. The number of halogens is 1. The fourth-order valence-corrected chi connectivity index (χ4v) is 5.50. The second-order valence-corrected chi connectivity index (χ2v) is 9.74. The van der Waals surface area contributed by atoms with Crippen LogP contribution in [0, 0.1) is 12.7 Å². The second-order valence-electron chi connectivity index (χ2n) is 7.46. The molecule has 2 aliphatic heterocycles. The molecule has 8 nitrogen and oxygen atoms in total. The number of likely N-dealkylation sites (tertiary alicyclic amines) is 1. The van der Waals surface area contributed by atoms with Gasteiger partial charge in [-0.25, -0.2) is 17.6 Å². The van der Waals surface area contributed by atoms with Crippen LogP contribution in [0.5, 0.6) is 0 Å². The van der Waals surface area contributed by atoms with Crippen molar-refractivity contribution >= 4 is 21.6 Å². The third-order valence-electron chi connectivity index (χ3n) is 5.05. The number of carbonyl (C=O) groups is 1. The van der Waals surface area contributed by atoms with E-state index in [1.165, 1.54) is 9.58 Å². The summed E-state index contributed by atoms with van der Waals surface area (Å²) in [5.41, 5.74) is 0.853. The summed E-state index contributed by atoms with van der Waals surface area (Å²) in [6.45, 7) is 2.40. The summed E-state index contributed by atoms with van der Waals surface area (Å²) in [5.74, 6) is -0.678. The molecule has 0 unspecified atom stereocenters. The molecular weight excluding hydrogens is 387 g/mol. The maximum atomic E-state index is 13.1. The van der Waals surface area contributed by atoms with Crippen LogP contribution in [0.4, 0.5) is 14.9 Å². The summed E-state index contributed by atoms with van der Waals surface area (Å²) in [4.78, 5) is 13.9. The summed E-state index contributed by atoms with van der Waals surface area (Å²) >= 11 is 0. The van der Waals surface area contributed by atoms with Crippen molar-refractivity contribution in [1.82, 2.24) is 14.7 Å². The van der Waals surface area contributed by atoms with E-state index in [2.05, 4.69) is 10.4 Å². The molecule has 0 radical (unpaired) electrons. The van der Waals surface area contributed by atoms with Crippen LogP contribution < -0.4 is 5.32 Å². The van der Waals surface area contributed by atoms with Crippen LogP contribution in [0.25, 0.3) is 0 Å². The minimum atomic E-state index is -3.46. The van der Waals surface area contributed by atoms with Crippen molar-refractivity contribution in [3.8, 4) is 0 Å². The average Bonchev–Trinajstić information content (AvgIpc) is 2.99. The average molecular weight is 408 g/mol. The van der Waals surface area contributed by atoms with E-state index < -0.39 is 26.5 Å². The highest BCUT2D eigenvalue weighted by molar-refractivity contribution is 7.92. The highest BCUT2D eigenvalue weighted by Crippen LogP contribution is 2.33. The Hall–Kier alpha value is -2.46. The molecule has 1 aromatic heterocycles. The number of rotatable bonds is 3. The number of ether oxygens (including phenoxy) is 1. The first-order chi connectivity index (χ1) is 13.2. The van der Waals surface area contributed by atoms with Gasteiger partial charge in [-0.2, -0.15) is 5.10 Å². The predicted molar refractivity (Wildman–Crippen MR) is 100 cm³/mol. The van der Waals surface area contributed by atoms with Gasteiger partial charge in [0.05, 0.1) is 44.4 Å². The first-order valence-electron chi connectivity index (χ1n) is 8.91. The maximum Gasteiger partial charge on any atom is 0.322 e. The summed E-state index contributed by atoms with van der Waals surface area (Å²) in [7, 11) is -3.46. The maximum absolute atomic E-state index is 13.1. The Bertz CT molecular complexity index is 1000. The molecule has 1 N–H and O–H groups in total. The zero-order valence-corrected chi connectivity index (χ0v) is 16.2. The highest BCUT2D eigenvalue weighted by atomic mass is 32.2. The number of anilines is 1. The molecular formula is C18H21FN4O4S. The van der Waals surface area contributed by atoms with Crippen LogP contribution in [0.15, 0.2) is 36.7 Å². The molecule has 10 heteroatoms. The van der Waals surface area contributed by atoms with Gasteiger partial charge in [-0.05, 0) is 24.6 Å². The van der Waals surface area contributed by atoms with Gasteiger partial charge in [0.2, 0.25) is 0 Å². The minimum absolute atomic E-state index is 0.00283. The number of hydrogen-bond donors (Lipinski definition) is 1. The van der Waals surface area contributed by atoms with Gasteiger partial charge >= 0.3 is 6.03 Å². The van der Waals surface area contributed by atoms with E-state index in [0.717, 1.165) is 18.0 Å². The number of amides is 2. The third-order valence-corrected chi connectivity index (χ3v) is 7.28. The Morgan fingerprint density at radius 2 is 2.21 bits per heavy atom. The van der Waals surface area contributed by atoms with Crippen molar-refractivity contribution in [2.24, 2.45) is 0 Å². The van der Waals surface area contributed by atoms with Gasteiger partial charge in [-0.15, -0.1) is 0 Å². The molecule has 2 saturated heterocycles. The number of urea groups is 1. The van der Waals surface area contributed by atoms with Crippen LogP contribution in [-0.2, 0) is 21.1 Å². The molecule has 28 heavy (non-hydrogen) atoms. The monoisotopic (exact) mass is 408 g/mol. The van der Waals surface area contributed by atoms with E-state index in [-0.39, 0.29) is 38.0 Å². The first kappa shape index (κ1) is 18.9. The molecule has 3 heterocycles. The summed E-state index contributed by atoms with van der Waals surface area (Å²) in [6, 6.07) is 7.16. The number of nitrogens with zero attached hydrogens (tertiary/aromatic N) is 3. The molecule has 2 aliphatic rings. The van der Waals surface area contributed by atoms with Gasteiger partial charge in [0, 0.05) is 5.69 Å². The highest BCUT2D eigenvalue weighted by Gasteiger charge is 2.54. The van der Waals surface area contributed by atoms with Gasteiger partial charge in [-0.3, -0.25) is 4.68 Å². The Morgan fingerprint density at radius 1 is 1.43 bits per heavy atom. The quantitative estimate of drug-likeness (QED) is 0.829. The Morgan fingerprint density at radius 3 is 2.86 bits per heavy atom. The lowest BCUT2D eigenvalue weighted by Crippen LogP contribution is -2.71. The Kier molecular flexibility index (Phi) is 4.62. The topological polar surface area (TPSA) is 93.5 Å². The number of aromatic nitrogens is 2. The van der Waals surface area contributed by atoms with Crippen molar-refractivity contribution in [3.05, 3.63) is 48.0 Å². The fourth-order valence-electron chi connectivity index (χ4n) is 3.61. The van der Waals surface area contributed by atoms with Gasteiger partial charge in [-0.1, -0.05) is 12.1 Å². The molecule has 1 spiro atoms. The van der Waals surface area contributed by atoms with E-state index in [1.807, 2.05) is 25.1 Å². The SMILES string of the molecule is Cc1cccc(NC(=O)N2CC3(C2)CS(=O)(=O)[C@@H](Cn2cc(F)cn2)CO3)c1. The van der Waals surface area contributed by atoms with Gasteiger partial charge < -0.3 is 15.0 Å². The van der Waals surface area contributed by atoms with Crippen molar-refractivity contribution in [2.45, 2.75) is 24.3 Å². The molecule has 1 atom stereocenters. The zero-order chi connectivity index (χ0) is 19.9. The smallest absolute Gasteiger partial charge is 0.322 e. The number of sulfone groups is 1. The number of nitrogens with one attached hydrogen (secondary N) is 1. The zero-order valence-electron chi connectivity index (χ0n) is 15.3. The van der Waals surface area contributed by atoms with Crippen molar-refractivity contribution < 1.29 is 22.3 Å². The molecule has 2 amide bonds. The van der Waals surface area contributed by atoms with Crippen LogP contribution in [-0.4, -0.2) is 65.4 Å². The molecule has 2 fully saturated rings. The lowest BCUT2D eigenvalue weighted by atomic mass is 9.96. The molecule has 150 valence electrons. The standard InChI is InChI=1S/C18H21FN4O4S/c1-13-3-2-4-15(5-13)21-17(24)22-10-18(11-22)12-28(25,26)16(9-27-18)8-23-7-14(19)6-20-23/h2-7,16H,8-12H2,1H3,(H,21,24)/t16-/m0/s1. The van der Waals surface area contributed by atoms with Crippen LogP contribution >= 0.6 is 0 Å². The van der Waals surface area contributed by atoms with E-state index in [0.29, 0.717) is 5.69 Å². The molecule has 1 aromatic carbocycles. The molecule has 0 saturated carbocycles. The van der Waals surface area contributed by atoms with Gasteiger partial charge in [0.15, 0.2) is 15.7 Å². The van der Waals surface area contributed by atoms with E-state index in [1.54, 1.807) is 6.07 Å². The third kappa shape index (κ3) is 3.74. The number of carbonyl (C=O) groups excluding carboxylic acids is 1. The first-order valence-corrected chi connectivity index (χ1v) is 10.6. The lowest BCUT2D eigenvalue weighted by molar-refractivity contribution is -0.117.